The Labute approximate surface area is 181 Å². The molecule has 0 radical (unpaired) electrons. The number of amides is 1. The van der Waals surface area contributed by atoms with Gasteiger partial charge in [0.2, 0.25) is 0 Å². The van der Waals surface area contributed by atoms with Crippen molar-refractivity contribution >= 4 is 23.8 Å². The largest absolute Gasteiger partial charge is 0.465 e. The molecule has 0 fully saturated rings. The van der Waals surface area contributed by atoms with Gasteiger partial charge < -0.3 is 14.2 Å². The highest BCUT2D eigenvalue weighted by Gasteiger charge is 2.13. The molecule has 3 aromatic carbocycles. The van der Waals surface area contributed by atoms with Crippen molar-refractivity contribution in [2.24, 2.45) is 5.18 Å². The standard InChI is InChI=1S/C23H15NO8/c1-30-21(26)15-2-4-16(5-3-15)22(27)32-19-12-8-17(9-13-19)23(28)31-18-10-6-14(7-11-18)20(25)24-29/h2-13H,1H3. The van der Waals surface area contributed by atoms with Gasteiger partial charge in [-0.1, -0.05) is 0 Å². The molecule has 3 aromatic rings. The van der Waals surface area contributed by atoms with Crippen LogP contribution in [0.5, 0.6) is 11.5 Å². The fraction of sp³-hybridized carbons (Fsp3) is 0.0435. The third-order valence-electron chi connectivity index (χ3n) is 4.24. The van der Waals surface area contributed by atoms with E-state index < -0.39 is 23.8 Å². The van der Waals surface area contributed by atoms with Crippen LogP contribution in [0.15, 0.2) is 78.0 Å². The third kappa shape index (κ3) is 5.28. The summed E-state index contributed by atoms with van der Waals surface area (Å²) in [5, 5.41) is 2.31. The Morgan fingerprint density at radius 3 is 1.28 bits per heavy atom. The summed E-state index contributed by atoms with van der Waals surface area (Å²) < 4.78 is 15.0. The maximum Gasteiger partial charge on any atom is 0.343 e. The predicted molar refractivity (Wildman–Crippen MR) is 111 cm³/mol. The molecule has 0 spiro atoms. The van der Waals surface area contributed by atoms with Crippen LogP contribution < -0.4 is 9.47 Å². The van der Waals surface area contributed by atoms with Gasteiger partial charge in [-0.3, -0.25) is 4.79 Å². The molecule has 0 aliphatic rings. The first-order valence-corrected chi connectivity index (χ1v) is 9.12. The van der Waals surface area contributed by atoms with Crippen LogP contribution in [-0.2, 0) is 4.74 Å². The molecule has 9 heteroatoms. The van der Waals surface area contributed by atoms with E-state index in [1.807, 2.05) is 0 Å². The van der Waals surface area contributed by atoms with E-state index in [2.05, 4.69) is 9.91 Å². The molecule has 0 aliphatic carbocycles. The number of benzene rings is 3. The van der Waals surface area contributed by atoms with Crippen molar-refractivity contribution in [3.63, 3.8) is 0 Å². The zero-order valence-corrected chi connectivity index (χ0v) is 16.6. The van der Waals surface area contributed by atoms with Crippen molar-refractivity contribution < 1.29 is 33.4 Å². The number of nitroso groups, excluding NO2 is 1. The Morgan fingerprint density at radius 2 is 0.906 bits per heavy atom. The number of carbonyl (C=O) groups is 4. The van der Waals surface area contributed by atoms with Crippen LogP contribution in [0.2, 0.25) is 0 Å². The fourth-order valence-corrected chi connectivity index (χ4v) is 2.57. The third-order valence-corrected chi connectivity index (χ3v) is 4.24. The maximum absolute atomic E-state index is 12.3. The summed E-state index contributed by atoms with van der Waals surface area (Å²) in [5.74, 6) is -2.39. The minimum atomic E-state index is -0.924. The van der Waals surface area contributed by atoms with Gasteiger partial charge in [0.05, 0.1) is 23.8 Å². The molecule has 9 nitrogen and oxygen atoms in total. The Morgan fingerprint density at radius 1 is 0.562 bits per heavy atom. The molecule has 0 unspecified atom stereocenters. The molecule has 0 atom stereocenters. The van der Waals surface area contributed by atoms with E-state index in [1.54, 1.807) is 0 Å². The molecule has 0 N–H and O–H groups in total. The van der Waals surface area contributed by atoms with Crippen LogP contribution in [0.4, 0.5) is 0 Å². The van der Waals surface area contributed by atoms with Crippen molar-refractivity contribution in [2.45, 2.75) is 0 Å². The number of nitrogens with zero attached hydrogens (tertiary/aromatic N) is 1. The van der Waals surface area contributed by atoms with Crippen molar-refractivity contribution in [3.8, 4) is 11.5 Å². The van der Waals surface area contributed by atoms with E-state index in [0.29, 0.717) is 5.56 Å². The van der Waals surface area contributed by atoms with E-state index in [4.69, 9.17) is 9.47 Å². The van der Waals surface area contributed by atoms with Crippen LogP contribution in [0.1, 0.15) is 41.4 Å². The van der Waals surface area contributed by atoms with Gasteiger partial charge in [0.1, 0.15) is 11.5 Å². The molecular weight excluding hydrogens is 418 g/mol. The zero-order chi connectivity index (χ0) is 23.1. The van der Waals surface area contributed by atoms with Crippen molar-refractivity contribution in [2.75, 3.05) is 7.11 Å². The van der Waals surface area contributed by atoms with Crippen molar-refractivity contribution in [1.29, 1.82) is 0 Å². The number of ether oxygens (including phenoxy) is 3. The van der Waals surface area contributed by atoms with Gasteiger partial charge in [0.25, 0.3) is 0 Å². The van der Waals surface area contributed by atoms with Crippen LogP contribution in [0.25, 0.3) is 0 Å². The first kappa shape index (κ1) is 22.0. The van der Waals surface area contributed by atoms with Crippen LogP contribution in [0, 0.1) is 4.91 Å². The second kappa shape index (κ2) is 9.90. The van der Waals surface area contributed by atoms with Gasteiger partial charge in [-0.2, -0.15) is 0 Å². The first-order chi connectivity index (χ1) is 15.4. The summed E-state index contributed by atoms with van der Waals surface area (Å²) in [6.07, 6.45) is 0. The van der Waals surface area contributed by atoms with Gasteiger partial charge in [-0.05, 0) is 72.8 Å². The average Bonchev–Trinajstić information content (AvgIpc) is 2.84. The lowest BCUT2D eigenvalue weighted by Gasteiger charge is -2.07. The minimum Gasteiger partial charge on any atom is -0.465 e. The SMILES string of the molecule is COC(=O)c1ccc(C(=O)Oc2ccc(C(=O)Oc3ccc(C(=O)N=O)cc3)cc2)cc1. The average molecular weight is 433 g/mol. The van der Waals surface area contributed by atoms with Gasteiger partial charge in [-0.15, -0.1) is 4.91 Å². The summed E-state index contributed by atoms with van der Waals surface area (Å²) in [5.41, 5.74) is 0.800. The lowest BCUT2D eigenvalue weighted by Crippen LogP contribution is -2.11. The normalized spacial score (nSPS) is 10.0. The molecule has 32 heavy (non-hydrogen) atoms. The van der Waals surface area contributed by atoms with Crippen LogP contribution in [0.3, 0.4) is 0 Å². The molecule has 0 saturated heterocycles. The summed E-state index contributed by atoms with van der Waals surface area (Å²) >= 11 is 0. The second-order valence-corrected chi connectivity index (χ2v) is 6.29. The molecule has 160 valence electrons. The lowest BCUT2D eigenvalue weighted by molar-refractivity contribution is 0.0598. The second-order valence-electron chi connectivity index (χ2n) is 6.29. The van der Waals surface area contributed by atoms with E-state index in [-0.39, 0.29) is 28.2 Å². The molecule has 0 saturated carbocycles. The Bertz CT molecular complexity index is 1170. The molecular formula is C23H15NO8. The number of hydrogen-bond donors (Lipinski definition) is 0. The van der Waals surface area contributed by atoms with Crippen LogP contribution in [-0.4, -0.2) is 30.9 Å². The maximum atomic E-state index is 12.3. The number of methoxy groups -OCH3 is 1. The molecule has 0 heterocycles. The number of rotatable bonds is 6. The summed E-state index contributed by atoms with van der Waals surface area (Å²) in [6.45, 7) is 0. The van der Waals surface area contributed by atoms with Gasteiger partial charge >= 0.3 is 23.8 Å². The molecule has 0 bridgehead atoms. The van der Waals surface area contributed by atoms with Crippen molar-refractivity contribution in [3.05, 3.63) is 100.0 Å². The quantitative estimate of drug-likeness (QED) is 0.326. The first-order valence-electron chi connectivity index (χ1n) is 9.12. The fourth-order valence-electron chi connectivity index (χ4n) is 2.57. The molecule has 1 amide bonds. The zero-order valence-electron chi connectivity index (χ0n) is 16.6. The van der Waals surface area contributed by atoms with E-state index in [1.165, 1.54) is 79.9 Å². The summed E-state index contributed by atoms with van der Waals surface area (Å²) in [4.78, 5) is 57.4. The summed E-state index contributed by atoms with van der Waals surface area (Å²) in [7, 11) is 1.26. The number of esters is 3. The van der Waals surface area contributed by atoms with Gasteiger partial charge in [0.15, 0.2) is 0 Å². The van der Waals surface area contributed by atoms with E-state index >= 15 is 0 Å². The molecule has 0 aromatic heterocycles. The highest BCUT2D eigenvalue weighted by atomic mass is 16.5. The van der Waals surface area contributed by atoms with Gasteiger partial charge in [-0.25, -0.2) is 14.4 Å². The molecule has 0 aliphatic heterocycles. The van der Waals surface area contributed by atoms with Gasteiger partial charge in [0, 0.05) is 10.7 Å². The monoisotopic (exact) mass is 433 g/mol. The minimum absolute atomic E-state index is 0.0749. The van der Waals surface area contributed by atoms with Crippen LogP contribution >= 0.6 is 0 Å². The topological polar surface area (TPSA) is 125 Å². The van der Waals surface area contributed by atoms with E-state index in [0.717, 1.165) is 0 Å². The number of hydrogen-bond acceptors (Lipinski definition) is 8. The Hall–Kier alpha value is -4.66. The summed E-state index contributed by atoms with van der Waals surface area (Å²) in [6, 6.07) is 16.8. The highest BCUT2D eigenvalue weighted by Crippen LogP contribution is 2.18. The van der Waals surface area contributed by atoms with Crippen molar-refractivity contribution in [1.82, 2.24) is 0 Å². The van der Waals surface area contributed by atoms with E-state index in [9.17, 15) is 24.1 Å². The Kier molecular flexibility index (Phi) is 6.81. The lowest BCUT2D eigenvalue weighted by atomic mass is 10.1. The smallest absolute Gasteiger partial charge is 0.343 e. The number of carbonyl (C=O) groups excluding carboxylic acids is 4. The highest BCUT2D eigenvalue weighted by molar-refractivity contribution is 5.96. The predicted octanol–water partition coefficient (Wildman–Crippen LogP) is 3.82. The Balaban J connectivity index is 1.61. The molecule has 3 rings (SSSR count).